The maximum absolute atomic E-state index is 11.6. The molecule has 0 aromatic heterocycles. The van der Waals surface area contributed by atoms with Gasteiger partial charge in [0.15, 0.2) is 0 Å². The highest BCUT2D eigenvalue weighted by atomic mass is 16.7. The number of aliphatic hydroxyl groups is 1. The third-order valence-corrected chi connectivity index (χ3v) is 5.75. The quantitative estimate of drug-likeness (QED) is 0.788. The van der Waals surface area contributed by atoms with Crippen molar-refractivity contribution < 1.29 is 14.6 Å². The van der Waals surface area contributed by atoms with Crippen LogP contribution in [-0.2, 0) is 20.9 Å². The molecule has 1 heterocycles. The summed E-state index contributed by atoms with van der Waals surface area (Å²) in [5.41, 5.74) is 3.06. The Bertz CT molecular complexity index is 841. The fraction of sp³-hybridized carbons (Fsp3) is 0.417. The SMILES string of the molecule is CC(C)(C)C1=CC(O)(c2ccccc2C2(c3ccccc3)OCCO2)CC1. The number of rotatable bonds is 3. The average molecular weight is 364 g/mol. The number of hydrogen-bond acceptors (Lipinski definition) is 3. The highest BCUT2D eigenvalue weighted by Crippen LogP contribution is 2.48. The van der Waals surface area contributed by atoms with Crippen molar-refractivity contribution in [2.24, 2.45) is 5.41 Å². The van der Waals surface area contributed by atoms with Crippen LogP contribution in [0.1, 0.15) is 50.3 Å². The fourth-order valence-electron chi connectivity index (χ4n) is 4.26. The molecule has 1 saturated heterocycles. The molecule has 3 heteroatoms. The molecule has 1 atom stereocenters. The van der Waals surface area contributed by atoms with Gasteiger partial charge in [-0.2, -0.15) is 0 Å². The molecule has 27 heavy (non-hydrogen) atoms. The van der Waals surface area contributed by atoms with Crippen LogP contribution in [0, 0.1) is 5.41 Å². The Kier molecular flexibility index (Phi) is 4.50. The van der Waals surface area contributed by atoms with Crippen molar-refractivity contribution in [3.8, 4) is 0 Å². The normalized spacial score (nSPS) is 24.8. The minimum absolute atomic E-state index is 0.0525. The van der Waals surface area contributed by atoms with Crippen LogP contribution in [0.3, 0.4) is 0 Å². The summed E-state index contributed by atoms with van der Waals surface area (Å²) >= 11 is 0. The Labute approximate surface area is 161 Å². The molecule has 0 amide bonds. The first-order valence-corrected chi connectivity index (χ1v) is 9.73. The van der Waals surface area contributed by atoms with Crippen molar-refractivity contribution in [2.75, 3.05) is 13.2 Å². The molecule has 1 unspecified atom stereocenters. The highest BCUT2D eigenvalue weighted by molar-refractivity contribution is 5.46. The van der Waals surface area contributed by atoms with E-state index in [1.54, 1.807) is 0 Å². The molecule has 1 aliphatic carbocycles. The maximum Gasteiger partial charge on any atom is 0.222 e. The Morgan fingerprint density at radius 1 is 0.852 bits per heavy atom. The third kappa shape index (κ3) is 3.14. The van der Waals surface area contributed by atoms with E-state index in [0.29, 0.717) is 19.6 Å². The summed E-state index contributed by atoms with van der Waals surface area (Å²) in [5, 5.41) is 11.6. The lowest BCUT2D eigenvalue weighted by Gasteiger charge is -2.34. The highest BCUT2D eigenvalue weighted by Gasteiger charge is 2.46. The number of hydrogen-bond donors (Lipinski definition) is 1. The predicted molar refractivity (Wildman–Crippen MR) is 106 cm³/mol. The van der Waals surface area contributed by atoms with Gasteiger partial charge < -0.3 is 14.6 Å². The second-order valence-corrected chi connectivity index (χ2v) is 8.57. The van der Waals surface area contributed by atoms with Gasteiger partial charge in [-0.15, -0.1) is 0 Å². The van der Waals surface area contributed by atoms with E-state index in [0.717, 1.165) is 23.1 Å². The molecule has 142 valence electrons. The number of ether oxygens (including phenoxy) is 2. The maximum atomic E-state index is 11.6. The van der Waals surface area contributed by atoms with E-state index in [1.165, 1.54) is 5.57 Å². The Balaban J connectivity index is 1.86. The van der Waals surface area contributed by atoms with Crippen molar-refractivity contribution in [1.29, 1.82) is 0 Å². The minimum Gasteiger partial charge on any atom is -0.381 e. The summed E-state index contributed by atoms with van der Waals surface area (Å²) in [6.07, 6.45) is 3.63. The molecule has 0 bridgehead atoms. The van der Waals surface area contributed by atoms with E-state index in [-0.39, 0.29) is 5.41 Å². The molecule has 0 radical (unpaired) electrons. The van der Waals surface area contributed by atoms with Crippen molar-refractivity contribution in [2.45, 2.75) is 45.0 Å². The van der Waals surface area contributed by atoms with Gasteiger partial charge in [0.05, 0.1) is 13.2 Å². The molecule has 4 rings (SSSR count). The monoisotopic (exact) mass is 364 g/mol. The van der Waals surface area contributed by atoms with Crippen LogP contribution in [0.15, 0.2) is 66.2 Å². The topological polar surface area (TPSA) is 38.7 Å². The lowest BCUT2D eigenvalue weighted by molar-refractivity contribution is -0.132. The van der Waals surface area contributed by atoms with E-state index in [4.69, 9.17) is 9.47 Å². The second-order valence-electron chi connectivity index (χ2n) is 8.57. The molecule has 2 aromatic carbocycles. The zero-order valence-electron chi connectivity index (χ0n) is 16.4. The molecule has 0 spiro atoms. The van der Waals surface area contributed by atoms with Gasteiger partial charge in [0.25, 0.3) is 0 Å². The molecule has 0 saturated carbocycles. The largest absolute Gasteiger partial charge is 0.381 e. The minimum atomic E-state index is -1.00. The summed E-state index contributed by atoms with van der Waals surface area (Å²) in [4.78, 5) is 0. The average Bonchev–Trinajstić information content (AvgIpc) is 3.31. The first-order valence-electron chi connectivity index (χ1n) is 9.73. The lowest BCUT2D eigenvalue weighted by Crippen LogP contribution is -2.34. The molecule has 2 aromatic rings. The van der Waals surface area contributed by atoms with Crippen LogP contribution < -0.4 is 0 Å². The Morgan fingerprint density at radius 2 is 1.44 bits per heavy atom. The van der Waals surface area contributed by atoms with Gasteiger partial charge in [0.2, 0.25) is 5.79 Å². The summed E-state index contributed by atoms with van der Waals surface area (Å²) in [6, 6.07) is 18.0. The summed E-state index contributed by atoms with van der Waals surface area (Å²) in [7, 11) is 0. The molecule has 1 N–H and O–H groups in total. The molecule has 1 aliphatic heterocycles. The summed E-state index contributed by atoms with van der Waals surface area (Å²) in [6.45, 7) is 7.66. The van der Waals surface area contributed by atoms with Gasteiger partial charge in [-0.3, -0.25) is 0 Å². The third-order valence-electron chi connectivity index (χ3n) is 5.75. The molecular weight excluding hydrogens is 336 g/mol. The van der Waals surface area contributed by atoms with Gasteiger partial charge in [-0.05, 0) is 29.9 Å². The number of benzene rings is 2. The fourth-order valence-corrected chi connectivity index (χ4v) is 4.26. The van der Waals surface area contributed by atoms with Gasteiger partial charge in [-0.1, -0.05) is 80.9 Å². The second kappa shape index (κ2) is 6.59. The zero-order chi connectivity index (χ0) is 19.1. The van der Waals surface area contributed by atoms with Crippen LogP contribution in [0.25, 0.3) is 0 Å². The molecule has 1 fully saturated rings. The summed E-state index contributed by atoms with van der Waals surface area (Å²) in [5.74, 6) is -0.966. The summed E-state index contributed by atoms with van der Waals surface area (Å²) < 4.78 is 12.4. The first kappa shape index (κ1) is 18.4. The van der Waals surface area contributed by atoms with Crippen molar-refractivity contribution >= 4 is 0 Å². The zero-order valence-corrected chi connectivity index (χ0v) is 16.4. The van der Waals surface area contributed by atoms with Gasteiger partial charge in [-0.25, -0.2) is 0 Å². The van der Waals surface area contributed by atoms with Crippen molar-refractivity contribution in [3.05, 3.63) is 82.9 Å². The van der Waals surface area contributed by atoms with Crippen LogP contribution >= 0.6 is 0 Å². The van der Waals surface area contributed by atoms with Crippen molar-refractivity contribution in [1.82, 2.24) is 0 Å². The van der Waals surface area contributed by atoms with Crippen LogP contribution in [-0.4, -0.2) is 18.3 Å². The van der Waals surface area contributed by atoms with Crippen molar-refractivity contribution in [3.63, 3.8) is 0 Å². The standard InChI is InChI=1S/C24H28O3/c1-22(2,3)19-13-14-23(25,17-19)20-11-7-8-12-21(20)24(26-15-16-27-24)18-9-5-4-6-10-18/h4-12,17,25H,13-16H2,1-3H3. The van der Waals surface area contributed by atoms with E-state index in [9.17, 15) is 5.11 Å². The van der Waals surface area contributed by atoms with Crippen LogP contribution in [0.4, 0.5) is 0 Å². The predicted octanol–water partition coefficient (Wildman–Crippen LogP) is 4.89. The van der Waals surface area contributed by atoms with E-state index >= 15 is 0 Å². The lowest BCUT2D eigenvalue weighted by atomic mass is 9.83. The Morgan fingerprint density at radius 3 is 2.04 bits per heavy atom. The molecular formula is C24H28O3. The van der Waals surface area contributed by atoms with E-state index in [1.807, 2.05) is 54.6 Å². The van der Waals surface area contributed by atoms with E-state index < -0.39 is 11.4 Å². The van der Waals surface area contributed by atoms with E-state index in [2.05, 4.69) is 26.8 Å². The number of allylic oxidation sites excluding steroid dienone is 1. The van der Waals surface area contributed by atoms with Crippen LogP contribution in [0.2, 0.25) is 0 Å². The molecule has 2 aliphatic rings. The Hall–Kier alpha value is -1.94. The van der Waals surface area contributed by atoms with Gasteiger partial charge in [0.1, 0.15) is 5.60 Å². The molecule has 3 nitrogen and oxygen atoms in total. The van der Waals surface area contributed by atoms with Gasteiger partial charge in [0, 0.05) is 11.1 Å². The van der Waals surface area contributed by atoms with Gasteiger partial charge >= 0.3 is 0 Å². The first-order chi connectivity index (χ1) is 12.9. The smallest absolute Gasteiger partial charge is 0.222 e. The van der Waals surface area contributed by atoms with Crippen LogP contribution in [0.5, 0.6) is 0 Å².